The highest BCUT2D eigenvalue weighted by molar-refractivity contribution is 5.85. The molecule has 0 spiro atoms. The Hall–Kier alpha value is -1.34. The van der Waals surface area contributed by atoms with Gasteiger partial charge in [-0.25, -0.2) is 0 Å². The lowest BCUT2D eigenvalue weighted by atomic mass is 10.0. The van der Waals surface area contributed by atoms with Crippen LogP contribution >= 0.6 is 24.8 Å². The fourth-order valence-corrected chi connectivity index (χ4v) is 2.84. The van der Waals surface area contributed by atoms with Gasteiger partial charge in [0.15, 0.2) is 0 Å². The van der Waals surface area contributed by atoms with Gasteiger partial charge in [0.2, 0.25) is 11.8 Å². The third kappa shape index (κ3) is 7.91. The number of nitrogens with one attached hydrogen (secondary N) is 1. The smallest absolute Gasteiger partial charge is 0.237 e. The van der Waals surface area contributed by atoms with E-state index in [1.54, 1.807) is 19.0 Å². The van der Waals surface area contributed by atoms with Crippen LogP contribution in [0.2, 0.25) is 0 Å². The van der Waals surface area contributed by atoms with Crippen LogP contribution in [0.15, 0.2) is 30.3 Å². The number of benzene rings is 1. The molecule has 2 rings (SSSR count). The van der Waals surface area contributed by atoms with Gasteiger partial charge in [0.1, 0.15) is 0 Å². The number of nitrogens with zero attached hydrogens (tertiary/aromatic N) is 2. The molecule has 3 N–H and O–H groups in total. The van der Waals surface area contributed by atoms with Crippen molar-refractivity contribution < 1.29 is 9.59 Å². The van der Waals surface area contributed by atoms with Crippen molar-refractivity contribution in [2.75, 3.05) is 33.7 Å². The molecular formula is C18H30Cl2N4O2. The second kappa shape index (κ2) is 12.1. The Labute approximate surface area is 168 Å². The lowest BCUT2D eigenvalue weighted by Crippen LogP contribution is -2.51. The van der Waals surface area contributed by atoms with E-state index in [2.05, 4.69) is 10.2 Å². The van der Waals surface area contributed by atoms with Crippen molar-refractivity contribution in [3.05, 3.63) is 35.9 Å². The molecule has 1 aliphatic rings. The molecule has 1 aliphatic heterocycles. The van der Waals surface area contributed by atoms with Crippen molar-refractivity contribution in [2.24, 2.45) is 5.73 Å². The van der Waals surface area contributed by atoms with Gasteiger partial charge < -0.3 is 16.0 Å². The zero-order valence-electron chi connectivity index (χ0n) is 15.4. The molecule has 2 amide bonds. The summed E-state index contributed by atoms with van der Waals surface area (Å²) in [7, 11) is 3.53. The fourth-order valence-electron chi connectivity index (χ4n) is 2.84. The number of piperidine rings is 1. The van der Waals surface area contributed by atoms with Gasteiger partial charge in [0.25, 0.3) is 0 Å². The molecule has 0 saturated carbocycles. The number of rotatable bonds is 6. The van der Waals surface area contributed by atoms with E-state index < -0.39 is 6.04 Å². The van der Waals surface area contributed by atoms with Crippen molar-refractivity contribution in [3.8, 4) is 0 Å². The minimum absolute atomic E-state index is 0. The summed E-state index contributed by atoms with van der Waals surface area (Å²) in [5, 5.41) is 3.05. The molecule has 1 saturated heterocycles. The van der Waals surface area contributed by atoms with Crippen molar-refractivity contribution >= 4 is 36.6 Å². The molecule has 26 heavy (non-hydrogen) atoms. The van der Waals surface area contributed by atoms with Gasteiger partial charge in [-0.15, -0.1) is 24.8 Å². The van der Waals surface area contributed by atoms with Crippen LogP contribution in [0, 0.1) is 0 Å². The van der Waals surface area contributed by atoms with Gasteiger partial charge in [0, 0.05) is 33.2 Å². The zero-order valence-corrected chi connectivity index (χ0v) is 17.0. The molecule has 1 atom stereocenters. The Balaban J connectivity index is 0.00000312. The van der Waals surface area contributed by atoms with Crippen molar-refractivity contribution in [1.82, 2.24) is 15.1 Å². The highest BCUT2D eigenvalue weighted by Crippen LogP contribution is 2.11. The standard InChI is InChI=1S/C18H28N4O2.2ClH/c1-21(2)17(23)13-22-10-8-15(9-11-22)20-18(24)16(19)12-14-6-4-3-5-7-14;;/h3-7,15-16H,8-13,19H2,1-2H3,(H,20,24);2*1H. The molecule has 1 aromatic carbocycles. The second-order valence-corrected chi connectivity index (χ2v) is 6.64. The molecule has 1 heterocycles. The van der Waals surface area contributed by atoms with Crippen LogP contribution in [0.5, 0.6) is 0 Å². The molecule has 1 fully saturated rings. The van der Waals surface area contributed by atoms with Crippen LogP contribution in [0.4, 0.5) is 0 Å². The topological polar surface area (TPSA) is 78.7 Å². The third-order valence-corrected chi connectivity index (χ3v) is 4.43. The third-order valence-electron chi connectivity index (χ3n) is 4.43. The first kappa shape index (κ1) is 24.7. The van der Waals surface area contributed by atoms with Gasteiger partial charge in [-0.1, -0.05) is 30.3 Å². The summed E-state index contributed by atoms with van der Waals surface area (Å²) >= 11 is 0. The van der Waals surface area contributed by atoms with Crippen LogP contribution in [0.25, 0.3) is 0 Å². The van der Waals surface area contributed by atoms with E-state index in [1.807, 2.05) is 30.3 Å². The van der Waals surface area contributed by atoms with E-state index in [-0.39, 0.29) is 42.7 Å². The minimum atomic E-state index is -0.527. The number of carbonyl (C=O) groups is 2. The molecule has 1 aromatic rings. The van der Waals surface area contributed by atoms with E-state index >= 15 is 0 Å². The van der Waals surface area contributed by atoms with E-state index in [0.717, 1.165) is 31.5 Å². The van der Waals surface area contributed by atoms with E-state index in [4.69, 9.17) is 5.73 Å². The number of hydrogen-bond donors (Lipinski definition) is 2. The van der Waals surface area contributed by atoms with Gasteiger partial charge in [-0.2, -0.15) is 0 Å². The molecule has 8 heteroatoms. The normalized spacial score (nSPS) is 16.0. The summed E-state index contributed by atoms with van der Waals surface area (Å²) in [5.41, 5.74) is 7.09. The predicted molar refractivity (Wildman–Crippen MR) is 109 cm³/mol. The van der Waals surface area contributed by atoms with Crippen molar-refractivity contribution in [2.45, 2.75) is 31.3 Å². The monoisotopic (exact) mass is 404 g/mol. The molecule has 0 aliphatic carbocycles. The Morgan fingerprint density at radius 2 is 1.77 bits per heavy atom. The molecule has 0 bridgehead atoms. The predicted octanol–water partition coefficient (Wildman–Crippen LogP) is 1.07. The second-order valence-electron chi connectivity index (χ2n) is 6.64. The van der Waals surface area contributed by atoms with Crippen LogP contribution in [-0.4, -0.2) is 67.4 Å². The lowest BCUT2D eigenvalue weighted by molar-refractivity contribution is -0.130. The molecule has 0 aromatic heterocycles. The van der Waals surface area contributed by atoms with E-state index in [9.17, 15) is 9.59 Å². The molecule has 0 radical (unpaired) electrons. The average Bonchev–Trinajstić information content (AvgIpc) is 2.57. The maximum absolute atomic E-state index is 12.3. The maximum atomic E-state index is 12.3. The first-order valence-corrected chi connectivity index (χ1v) is 8.48. The Bertz CT molecular complexity index is 549. The first-order valence-electron chi connectivity index (χ1n) is 8.48. The summed E-state index contributed by atoms with van der Waals surface area (Å²) in [6.07, 6.45) is 2.25. The van der Waals surface area contributed by atoms with Gasteiger partial charge in [-0.05, 0) is 24.8 Å². The average molecular weight is 405 g/mol. The first-order chi connectivity index (χ1) is 11.5. The Morgan fingerprint density at radius 3 is 2.31 bits per heavy atom. The van der Waals surface area contributed by atoms with Crippen molar-refractivity contribution in [3.63, 3.8) is 0 Å². The highest BCUT2D eigenvalue weighted by Gasteiger charge is 2.24. The summed E-state index contributed by atoms with van der Waals surface area (Å²) in [6.45, 7) is 2.08. The zero-order chi connectivity index (χ0) is 17.5. The molecule has 1 unspecified atom stereocenters. The largest absolute Gasteiger partial charge is 0.352 e. The molecular weight excluding hydrogens is 375 g/mol. The van der Waals surface area contributed by atoms with Crippen molar-refractivity contribution in [1.29, 1.82) is 0 Å². The summed E-state index contributed by atoms with van der Waals surface area (Å²) in [5.74, 6) is 0.0176. The van der Waals surface area contributed by atoms with Crippen LogP contribution in [0.3, 0.4) is 0 Å². The SMILES string of the molecule is CN(C)C(=O)CN1CCC(NC(=O)C(N)Cc2ccccc2)CC1.Cl.Cl. The number of amides is 2. The molecule has 6 nitrogen and oxygen atoms in total. The Morgan fingerprint density at radius 1 is 1.19 bits per heavy atom. The van der Waals surface area contributed by atoms with Crippen LogP contribution < -0.4 is 11.1 Å². The van der Waals surface area contributed by atoms with E-state index in [1.165, 1.54) is 0 Å². The highest BCUT2D eigenvalue weighted by atomic mass is 35.5. The van der Waals surface area contributed by atoms with Gasteiger partial charge in [0.05, 0.1) is 12.6 Å². The Kier molecular flexibility index (Phi) is 11.5. The number of carbonyl (C=O) groups excluding carboxylic acids is 2. The van der Waals surface area contributed by atoms with Crippen LogP contribution in [0.1, 0.15) is 18.4 Å². The number of likely N-dealkylation sites (tertiary alicyclic amines) is 1. The number of nitrogens with two attached hydrogens (primary N) is 1. The lowest BCUT2D eigenvalue weighted by Gasteiger charge is -2.32. The minimum Gasteiger partial charge on any atom is -0.352 e. The molecule has 148 valence electrons. The number of halogens is 2. The maximum Gasteiger partial charge on any atom is 0.237 e. The fraction of sp³-hybridized carbons (Fsp3) is 0.556. The quantitative estimate of drug-likeness (QED) is 0.742. The summed E-state index contributed by atoms with van der Waals surface area (Å²) in [4.78, 5) is 27.7. The number of hydrogen-bond acceptors (Lipinski definition) is 4. The van der Waals surface area contributed by atoms with Gasteiger partial charge >= 0.3 is 0 Å². The van der Waals surface area contributed by atoms with Gasteiger partial charge in [-0.3, -0.25) is 14.5 Å². The van der Waals surface area contributed by atoms with E-state index in [0.29, 0.717) is 13.0 Å². The summed E-state index contributed by atoms with van der Waals surface area (Å²) < 4.78 is 0. The number of likely N-dealkylation sites (N-methyl/N-ethyl adjacent to an activating group) is 1. The van der Waals surface area contributed by atoms with Crippen LogP contribution in [-0.2, 0) is 16.0 Å². The summed E-state index contributed by atoms with van der Waals surface area (Å²) in [6, 6.07) is 9.42.